The zero-order valence-electron chi connectivity index (χ0n) is 9.92. The van der Waals surface area contributed by atoms with Crippen molar-refractivity contribution in [3.8, 4) is 0 Å². The number of halogens is 1. The Bertz CT molecular complexity index is 396. The highest BCUT2D eigenvalue weighted by Crippen LogP contribution is 2.21. The molecule has 0 bridgehead atoms. The van der Waals surface area contributed by atoms with Gasteiger partial charge in [-0.1, -0.05) is 15.9 Å². The van der Waals surface area contributed by atoms with Crippen molar-refractivity contribution in [3.05, 3.63) is 28.7 Å². The lowest BCUT2D eigenvalue weighted by Gasteiger charge is -2.33. The van der Waals surface area contributed by atoms with Crippen LogP contribution in [0.5, 0.6) is 0 Å². The maximum Gasteiger partial charge on any atom is 0.244 e. The third-order valence-corrected chi connectivity index (χ3v) is 3.75. The molecule has 1 aromatic carbocycles. The fourth-order valence-corrected chi connectivity index (χ4v) is 2.32. The summed E-state index contributed by atoms with van der Waals surface area (Å²) >= 11 is 3.37. The van der Waals surface area contributed by atoms with Gasteiger partial charge in [-0.3, -0.25) is 4.79 Å². The first kappa shape index (κ1) is 12.6. The summed E-state index contributed by atoms with van der Waals surface area (Å²) in [6.45, 7) is 2.89. The van der Waals surface area contributed by atoms with E-state index in [-0.39, 0.29) is 5.91 Å². The van der Waals surface area contributed by atoms with Gasteiger partial charge in [-0.05, 0) is 57.0 Å². The predicted octanol–water partition coefficient (Wildman–Crippen LogP) is 2.92. The Labute approximate surface area is 110 Å². The lowest BCUT2D eigenvalue weighted by molar-refractivity contribution is -0.122. The van der Waals surface area contributed by atoms with Crippen molar-refractivity contribution in [2.45, 2.75) is 31.7 Å². The fourth-order valence-electron chi connectivity index (χ4n) is 2.05. The first-order valence-corrected chi connectivity index (χ1v) is 6.71. The zero-order valence-corrected chi connectivity index (χ0v) is 11.5. The lowest BCUT2D eigenvalue weighted by Crippen LogP contribution is -2.54. The van der Waals surface area contributed by atoms with Crippen molar-refractivity contribution in [1.82, 2.24) is 5.32 Å². The normalized spacial score (nSPS) is 24.4. The van der Waals surface area contributed by atoms with Crippen LogP contribution in [-0.4, -0.2) is 18.0 Å². The SMILES string of the molecule is CC1(C(=O)Nc2ccc(Br)cc2)CCCCN1. The number of benzene rings is 1. The van der Waals surface area contributed by atoms with Crippen LogP contribution in [0, 0.1) is 0 Å². The van der Waals surface area contributed by atoms with Gasteiger partial charge in [0.1, 0.15) is 0 Å². The second-order valence-corrected chi connectivity index (χ2v) is 5.59. The summed E-state index contributed by atoms with van der Waals surface area (Å²) in [5, 5.41) is 6.26. The second kappa shape index (κ2) is 5.19. The first-order valence-electron chi connectivity index (χ1n) is 5.92. The van der Waals surface area contributed by atoms with Gasteiger partial charge in [0, 0.05) is 10.2 Å². The van der Waals surface area contributed by atoms with Crippen LogP contribution in [0.4, 0.5) is 5.69 Å². The average molecular weight is 297 g/mol. The number of nitrogens with one attached hydrogen (secondary N) is 2. The maximum atomic E-state index is 12.2. The minimum absolute atomic E-state index is 0.0551. The molecule has 0 saturated carbocycles. The van der Waals surface area contributed by atoms with E-state index in [4.69, 9.17) is 0 Å². The molecule has 0 spiro atoms. The Morgan fingerprint density at radius 1 is 1.35 bits per heavy atom. The van der Waals surface area contributed by atoms with Crippen LogP contribution in [0.15, 0.2) is 28.7 Å². The Morgan fingerprint density at radius 2 is 2.06 bits per heavy atom. The number of hydrogen-bond donors (Lipinski definition) is 2. The van der Waals surface area contributed by atoms with E-state index in [0.29, 0.717) is 0 Å². The molecule has 3 nitrogen and oxygen atoms in total. The number of rotatable bonds is 2. The van der Waals surface area contributed by atoms with Crippen LogP contribution >= 0.6 is 15.9 Å². The molecular weight excluding hydrogens is 280 g/mol. The second-order valence-electron chi connectivity index (χ2n) is 4.68. The quantitative estimate of drug-likeness (QED) is 0.881. The Morgan fingerprint density at radius 3 is 2.65 bits per heavy atom. The molecule has 1 aromatic rings. The van der Waals surface area contributed by atoms with Crippen molar-refractivity contribution in [3.63, 3.8) is 0 Å². The van der Waals surface area contributed by atoms with Gasteiger partial charge < -0.3 is 10.6 Å². The topological polar surface area (TPSA) is 41.1 Å². The highest BCUT2D eigenvalue weighted by molar-refractivity contribution is 9.10. The van der Waals surface area contributed by atoms with Crippen LogP contribution < -0.4 is 10.6 Å². The minimum atomic E-state index is -0.425. The summed E-state index contributed by atoms with van der Waals surface area (Å²) in [5.41, 5.74) is 0.414. The molecule has 1 amide bonds. The first-order chi connectivity index (χ1) is 8.10. The largest absolute Gasteiger partial charge is 0.324 e. The molecule has 0 radical (unpaired) electrons. The van der Waals surface area contributed by atoms with Gasteiger partial charge in [0.2, 0.25) is 5.91 Å². The van der Waals surface area contributed by atoms with E-state index < -0.39 is 5.54 Å². The molecule has 1 aliphatic rings. The Hall–Kier alpha value is -0.870. The van der Waals surface area contributed by atoms with Crippen molar-refractivity contribution in [1.29, 1.82) is 0 Å². The number of hydrogen-bond acceptors (Lipinski definition) is 2. The van der Waals surface area contributed by atoms with Crippen LogP contribution in [0.2, 0.25) is 0 Å². The van der Waals surface area contributed by atoms with Gasteiger partial charge in [-0.2, -0.15) is 0 Å². The van der Waals surface area contributed by atoms with E-state index in [1.54, 1.807) is 0 Å². The molecule has 1 aliphatic heterocycles. The molecule has 0 aromatic heterocycles. The molecule has 1 fully saturated rings. The summed E-state index contributed by atoms with van der Waals surface area (Å²) in [7, 11) is 0. The van der Waals surface area contributed by atoms with Crippen molar-refractivity contribution in [2.24, 2.45) is 0 Å². The van der Waals surface area contributed by atoms with Crippen LogP contribution in [0.1, 0.15) is 26.2 Å². The number of carbonyl (C=O) groups is 1. The summed E-state index contributed by atoms with van der Waals surface area (Å²) in [5.74, 6) is 0.0551. The lowest BCUT2D eigenvalue weighted by atomic mass is 9.90. The minimum Gasteiger partial charge on any atom is -0.324 e. The van der Waals surface area contributed by atoms with E-state index >= 15 is 0 Å². The van der Waals surface area contributed by atoms with Gasteiger partial charge >= 0.3 is 0 Å². The molecule has 0 aliphatic carbocycles. The molecule has 17 heavy (non-hydrogen) atoms. The van der Waals surface area contributed by atoms with Gasteiger partial charge in [0.25, 0.3) is 0 Å². The standard InChI is InChI=1S/C13H17BrN2O/c1-13(8-2-3-9-15-13)12(17)16-11-6-4-10(14)5-7-11/h4-7,15H,2-3,8-9H2,1H3,(H,16,17). The van der Waals surface area contributed by atoms with Crippen LogP contribution in [-0.2, 0) is 4.79 Å². The van der Waals surface area contributed by atoms with E-state index in [1.165, 1.54) is 0 Å². The third-order valence-electron chi connectivity index (χ3n) is 3.22. The van der Waals surface area contributed by atoms with E-state index in [0.717, 1.165) is 36.0 Å². The van der Waals surface area contributed by atoms with Crippen molar-refractivity contribution >= 4 is 27.5 Å². The predicted molar refractivity (Wildman–Crippen MR) is 73.0 cm³/mol. The molecule has 2 rings (SSSR count). The molecule has 1 saturated heterocycles. The van der Waals surface area contributed by atoms with Gasteiger partial charge in [0.15, 0.2) is 0 Å². The zero-order chi connectivity index (χ0) is 12.3. The summed E-state index contributed by atoms with van der Waals surface area (Å²) in [6.07, 6.45) is 3.16. The molecule has 4 heteroatoms. The molecule has 1 heterocycles. The molecule has 1 atom stereocenters. The van der Waals surface area contributed by atoms with Gasteiger partial charge in [-0.15, -0.1) is 0 Å². The highest BCUT2D eigenvalue weighted by atomic mass is 79.9. The monoisotopic (exact) mass is 296 g/mol. The number of amides is 1. The van der Waals surface area contributed by atoms with Crippen molar-refractivity contribution < 1.29 is 4.79 Å². The molecule has 1 unspecified atom stereocenters. The fraction of sp³-hybridized carbons (Fsp3) is 0.462. The highest BCUT2D eigenvalue weighted by Gasteiger charge is 2.34. The summed E-state index contributed by atoms with van der Waals surface area (Å²) < 4.78 is 1.01. The third kappa shape index (κ3) is 3.07. The van der Waals surface area contributed by atoms with Crippen molar-refractivity contribution in [2.75, 3.05) is 11.9 Å². The van der Waals surface area contributed by atoms with Crippen LogP contribution in [0.25, 0.3) is 0 Å². The summed E-state index contributed by atoms with van der Waals surface area (Å²) in [6, 6.07) is 7.64. The average Bonchev–Trinajstić information content (AvgIpc) is 2.33. The maximum absolute atomic E-state index is 12.2. The smallest absolute Gasteiger partial charge is 0.244 e. The number of anilines is 1. The molecule has 2 N–H and O–H groups in total. The molecular formula is C13H17BrN2O. The number of piperidine rings is 1. The van der Waals surface area contributed by atoms with Gasteiger partial charge in [-0.25, -0.2) is 0 Å². The van der Waals surface area contributed by atoms with Crippen LogP contribution in [0.3, 0.4) is 0 Å². The van der Waals surface area contributed by atoms with E-state index in [2.05, 4.69) is 26.6 Å². The Balaban J connectivity index is 2.03. The van der Waals surface area contributed by atoms with E-state index in [9.17, 15) is 4.79 Å². The van der Waals surface area contributed by atoms with Gasteiger partial charge in [0.05, 0.1) is 5.54 Å². The van der Waals surface area contributed by atoms with E-state index in [1.807, 2.05) is 31.2 Å². The number of carbonyl (C=O) groups excluding carboxylic acids is 1. The summed E-state index contributed by atoms with van der Waals surface area (Å²) in [4.78, 5) is 12.2. The Kier molecular flexibility index (Phi) is 3.84. The molecule has 92 valence electrons.